The highest BCUT2D eigenvalue weighted by molar-refractivity contribution is 5.77. The van der Waals surface area contributed by atoms with Gasteiger partial charge in [0.05, 0.1) is 25.2 Å². The standard InChI is InChI=1S/C53H101NO5/c1-4-7-10-13-16-19-22-24-25-26-27-29-30-33-36-39-42-45-51(56)50(48-55)54-52(57)47-49(44-41-38-35-32-21-18-15-12-9-6-3)59-53(58)46-43-40-37-34-31-28-23-20-17-14-11-8-5-2/h18,21,28,31,49-51,55-56H,4-17,19-20,22-27,29-30,32-48H2,1-3H3,(H,54,57)/b21-18-,31-28-. The molecule has 0 aromatic rings. The van der Waals surface area contributed by atoms with Crippen molar-refractivity contribution in [2.75, 3.05) is 6.61 Å². The summed E-state index contributed by atoms with van der Waals surface area (Å²) in [6, 6.07) is -0.705. The zero-order chi connectivity index (χ0) is 43.1. The van der Waals surface area contributed by atoms with Crippen LogP contribution in [0.1, 0.15) is 278 Å². The van der Waals surface area contributed by atoms with Crippen LogP contribution in [0.3, 0.4) is 0 Å². The number of allylic oxidation sites excluding steroid dienone is 4. The zero-order valence-corrected chi connectivity index (χ0v) is 39.7. The number of carbonyl (C=O) groups is 2. The molecule has 0 saturated heterocycles. The Morgan fingerprint density at radius 2 is 0.814 bits per heavy atom. The molecule has 0 fully saturated rings. The predicted octanol–water partition coefficient (Wildman–Crippen LogP) is 15.5. The third kappa shape index (κ3) is 42.8. The lowest BCUT2D eigenvalue weighted by Gasteiger charge is -2.24. The van der Waals surface area contributed by atoms with Gasteiger partial charge in [0.25, 0.3) is 0 Å². The number of ether oxygens (including phenoxy) is 1. The number of aliphatic hydroxyl groups is 2. The van der Waals surface area contributed by atoms with Crippen molar-refractivity contribution in [3.8, 4) is 0 Å². The lowest BCUT2D eigenvalue weighted by atomic mass is 10.0. The van der Waals surface area contributed by atoms with Crippen molar-refractivity contribution in [1.82, 2.24) is 5.32 Å². The number of aliphatic hydroxyl groups excluding tert-OH is 2. The van der Waals surface area contributed by atoms with Crippen molar-refractivity contribution >= 4 is 11.9 Å². The number of hydrogen-bond acceptors (Lipinski definition) is 5. The summed E-state index contributed by atoms with van der Waals surface area (Å²) in [4.78, 5) is 26.1. The van der Waals surface area contributed by atoms with Crippen LogP contribution >= 0.6 is 0 Å². The second kappa shape index (κ2) is 47.4. The minimum Gasteiger partial charge on any atom is -0.462 e. The zero-order valence-electron chi connectivity index (χ0n) is 39.7. The third-order valence-corrected chi connectivity index (χ3v) is 12.0. The molecule has 0 aliphatic rings. The number of amides is 1. The maximum Gasteiger partial charge on any atom is 0.306 e. The van der Waals surface area contributed by atoms with E-state index < -0.39 is 18.2 Å². The van der Waals surface area contributed by atoms with E-state index in [1.165, 1.54) is 161 Å². The fourth-order valence-corrected chi connectivity index (χ4v) is 8.01. The van der Waals surface area contributed by atoms with Gasteiger partial charge >= 0.3 is 5.97 Å². The molecule has 0 aliphatic heterocycles. The first-order valence-corrected chi connectivity index (χ1v) is 26.1. The van der Waals surface area contributed by atoms with Gasteiger partial charge in [-0.15, -0.1) is 0 Å². The summed E-state index contributed by atoms with van der Waals surface area (Å²) in [5.41, 5.74) is 0. The molecule has 0 aromatic carbocycles. The quantitative estimate of drug-likeness (QED) is 0.0322. The second-order valence-corrected chi connectivity index (χ2v) is 17.9. The van der Waals surface area contributed by atoms with Gasteiger partial charge in [0.2, 0.25) is 5.91 Å². The number of esters is 1. The van der Waals surface area contributed by atoms with Crippen LogP contribution in [-0.2, 0) is 14.3 Å². The number of nitrogens with one attached hydrogen (secondary N) is 1. The van der Waals surface area contributed by atoms with E-state index in [0.717, 1.165) is 70.6 Å². The highest BCUT2D eigenvalue weighted by Crippen LogP contribution is 2.18. The normalized spacial score (nSPS) is 13.4. The molecular formula is C53H101NO5. The van der Waals surface area contributed by atoms with Crippen molar-refractivity contribution in [1.29, 1.82) is 0 Å². The van der Waals surface area contributed by atoms with Gasteiger partial charge in [0, 0.05) is 6.42 Å². The number of unbranched alkanes of at least 4 members (excludes halogenated alkanes) is 31. The summed E-state index contributed by atoms with van der Waals surface area (Å²) in [6.45, 7) is 6.46. The van der Waals surface area contributed by atoms with Crippen molar-refractivity contribution in [2.24, 2.45) is 0 Å². The van der Waals surface area contributed by atoms with Crippen LogP contribution in [0.5, 0.6) is 0 Å². The highest BCUT2D eigenvalue weighted by Gasteiger charge is 2.24. The van der Waals surface area contributed by atoms with Gasteiger partial charge in [-0.3, -0.25) is 9.59 Å². The first-order chi connectivity index (χ1) is 29.0. The first kappa shape index (κ1) is 57.3. The minimum absolute atomic E-state index is 0.0643. The first-order valence-electron chi connectivity index (χ1n) is 26.1. The Morgan fingerprint density at radius 3 is 1.25 bits per heavy atom. The third-order valence-electron chi connectivity index (χ3n) is 12.0. The average Bonchev–Trinajstić information content (AvgIpc) is 3.23. The van der Waals surface area contributed by atoms with Crippen LogP contribution in [0, 0.1) is 0 Å². The van der Waals surface area contributed by atoms with E-state index in [9.17, 15) is 19.8 Å². The van der Waals surface area contributed by atoms with Crippen molar-refractivity contribution in [3.05, 3.63) is 24.3 Å². The lowest BCUT2D eigenvalue weighted by molar-refractivity contribution is -0.151. The predicted molar refractivity (Wildman–Crippen MR) is 255 cm³/mol. The average molecular weight is 832 g/mol. The molecule has 6 nitrogen and oxygen atoms in total. The van der Waals surface area contributed by atoms with E-state index in [4.69, 9.17) is 4.74 Å². The molecule has 348 valence electrons. The topological polar surface area (TPSA) is 95.9 Å². The molecule has 0 rings (SSSR count). The SMILES string of the molecule is CCCCC/C=C\CCCCCC(CC(=O)NC(CO)C(O)CCCCCCCCCCCCCCCCCCC)OC(=O)CCCCC/C=C\CCCCCCCC. The molecule has 0 bridgehead atoms. The molecule has 0 heterocycles. The van der Waals surface area contributed by atoms with E-state index in [-0.39, 0.29) is 24.9 Å². The Hall–Kier alpha value is -1.66. The molecule has 3 N–H and O–H groups in total. The van der Waals surface area contributed by atoms with Gasteiger partial charge in [-0.05, 0) is 77.0 Å². The summed E-state index contributed by atoms with van der Waals surface area (Å²) in [7, 11) is 0. The Bertz CT molecular complexity index is 935. The van der Waals surface area contributed by atoms with E-state index >= 15 is 0 Å². The van der Waals surface area contributed by atoms with E-state index in [1.807, 2.05) is 0 Å². The van der Waals surface area contributed by atoms with Gasteiger partial charge in [-0.1, -0.05) is 212 Å². The van der Waals surface area contributed by atoms with Crippen molar-refractivity contribution in [2.45, 2.75) is 296 Å². The van der Waals surface area contributed by atoms with Crippen LogP contribution < -0.4 is 5.32 Å². The molecule has 0 aliphatic carbocycles. The summed E-state index contributed by atoms with van der Waals surface area (Å²) >= 11 is 0. The summed E-state index contributed by atoms with van der Waals surface area (Å²) in [5, 5.41) is 23.8. The van der Waals surface area contributed by atoms with Gasteiger partial charge in [-0.25, -0.2) is 0 Å². The molecule has 0 spiro atoms. The van der Waals surface area contributed by atoms with E-state index in [2.05, 4.69) is 50.4 Å². The fourth-order valence-electron chi connectivity index (χ4n) is 8.01. The maximum atomic E-state index is 13.2. The molecule has 0 aromatic heterocycles. The second-order valence-electron chi connectivity index (χ2n) is 17.9. The van der Waals surface area contributed by atoms with Crippen molar-refractivity contribution in [3.63, 3.8) is 0 Å². The maximum absolute atomic E-state index is 13.2. The van der Waals surface area contributed by atoms with Crippen LogP contribution in [0.25, 0.3) is 0 Å². The molecule has 1 amide bonds. The molecule has 3 unspecified atom stereocenters. The van der Waals surface area contributed by atoms with Gasteiger partial charge in [0.15, 0.2) is 0 Å². The minimum atomic E-state index is -0.790. The van der Waals surface area contributed by atoms with Crippen LogP contribution in [0.15, 0.2) is 24.3 Å². The Labute approximate surface area is 367 Å². The Balaban J connectivity index is 4.46. The summed E-state index contributed by atoms with van der Waals surface area (Å²) in [5.74, 6) is -0.500. The molecule has 6 heteroatoms. The highest BCUT2D eigenvalue weighted by atomic mass is 16.5. The molecule has 0 saturated carbocycles. The number of hydrogen-bond donors (Lipinski definition) is 3. The van der Waals surface area contributed by atoms with Crippen LogP contribution in [0.2, 0.25) is 0 Å². The number of rotatable bonds is 47. The summed E-state index contributed by atoms with van der Waals surface area (Å²) in [6.07, 6.45) is 53.9. The van der Waals surface area contributed by atoms with Crippen molar-refractivity contribution < 1.29 is 24.5 Å². The molecular weight excluding hydrogens is 731 g/mol. The Morgan fingerprint density at radius 1 is 0.475 bits per heavy atom. The van der Waals surface area contributed by atoms with Gasteiger partial charge in [0.1, 0.15) is 6.10 Å². The molecule has 3 atom stereocenters. The van der Waals surface area contributed by atoms with E-state index in [0.29, 0.717) is 19.3 Å². The smallest absolute Gasteiger partial charge is 0.306 e. The largest absolute Gasteiger partial charge is 0.462 e. The van der Waals surface area contributed by atoms with E-state index in [1.54, 1.807) is 0 Å². The van der Waals surface area contributed by atoms with Gasteiger partial charge in [-0.2, -0.15) is 0 Å². The Kier molecular flexibility index (Phi) is 46.1. The van der Waals surface area contributed by atoms with Crippen LogP contribution in [0.4, 0.5) is 0 Å². The molecule has 59 heavy (non-hydrogen) atoms. The van der Waals surface area contributed by atoms with Gasteiger partial charge < -0.3 is 20.3 Å². The monoisotopic (exact) mass is 832 g/mol. The fraction of sp³-hybridized carbons (Fsp3) is 0.887. The molecule has 0 radical (unpaired) electrons. The number of carbonyl (C=O) groups excluding carboxylic acids is 2. The van der Waals surface area contributed by atoms with Crippen LogP contribution in [-0.4, -0.2) is 46.9 Å². The lowest BCUT2D eigenvalue weighted by Crippen LogP contribution is -2.46. The summed E-state index contributed by atoms with van der Waals surface area (Å²) < 4.78 is 5.90.